The molecule has 0 aliphatic heterocycles. The maximum Gasteiger partial charge on any atom is 0.406 e. The Hall–Kier alpha value is -2.37. The average molecular weight is 307 g/mol. The standard InChI is InChI=1S/C12H10F5N3O/c1-20(6-12(15,16)17)10(21)5-19-11-8(13)2-7(4-18)3-9(11)14/h2-3,19H,5-6H2,1H3. The molecule has 0 saturated heterocycles. The van der Waals surface area contributed by atoms with Crippen molar-refractivity contribution >= 4 is 11.6 Å². The lowest BCUT2D eigenvalue weighted by Crippen LogP contribution is -2.39. The van der Waals surface area contributed by atoms with Gasteiger partial charge in [0.25, 0.3) is 0 Å². The molecule has 21 heavy (non-hydrogen) atoms. The quantitative estimate of drug-likeness (QED) is 0.868. The minimum absolute atomic E-state index is 0.254. The van der Waals surface area contributed by atoms with Crippen LogP contribution < -0.4 is 5.32 Å². The molecule has 1 N–H and O–H groups in total. The van der Waals surface area contributed by atoms with Crippen LogP contribution in [-0.4, -0.2) is 37.1 Å². The number of nitriles is 1. The zero-order chi connectivity index (χ0) is 16.2. The molecule has 0 fully saturated rings. The molecule has 1 rings (SSSR count). The van der Waals surface area contributed by atoms with E-state index in [0.29, 0.717) is 4.90 Å². The highest BCUT2D eigenvalue weighted by atomic mass is 19.4. The summed E-state index contributed by atoms with van der Waals surface area (Å²) in [6.07, 6.45) is -4.56. The third-order valence-electron chi connectivity index (χ3n) is 2.43. The van der Waals surface area contributed by atoms with Gasteiger partial charge in [0.2, 0.25) is 5.91 Å². The highest BCUT2D eigenvalue weighted by molar-refractivity contribution is 5.80. The summed E-state index contributed by atoms with van der Waals surface area (Å²) >= 11 is 0. The Morgan fingerprint density at radius 1 is 1.33 bits per heavy atom. The van der Waals surface area contributed by atoms with Crippen molar-refractivity contribution in [3.63, 3.8) is 0 Å². The van der Waals surface area contributed by atoms with Crippen molar-refractivity contribution in [2.75, 3.05) is 25.5 Å². The number of halogens is 5. The number of nitrogens with zero attached hydrogens (tertiary/aromatic N) is 2. The van der Waals surface area contributed by atoms with E-state index < -0.39 is 42.5 Å². The lowest BCUT2D eigenvalue weighted by molar-refractivity contribution is -0.157. The first-order valence-corrected chi connectivity index (χ1v) is 5.58. The van der Waals surface area contributed by atoms with Crippen molar-refractivity contribution in [2.24, 2.45) is 0 Å². The topological polar surface area (TPSA) is 56.1 Å². The molecular formula is C12H10F5N3O. The molecule has 0 unspecified atom stereocenters. The average Bonchev–Trinajstić information content (AvgIpc) is 2.35. The van der Waals surface area contributed by atoms with E-state index in [-0.39, 0.29) is 5.56 Å². The van der Waals surface area contributed by atoms with Gasteiger partial charge in [0.1, 0.15) is 12.2 Å². The number of rotatable bonds is 4. The normalized spacial score (nSPS) is 10.9. The van der Waals surface area contributed by atoms with Crippen LogP contribution in [0.25, 0.3) is 0 Å². The molecule has 0 aromatic heterocycles. The first-order valence-electron chi connectivity index (χ1n) is 5.58. The smallest absolute Gasteiger partial charge is 0.371 e. The van der Waals surface area contributed by atoms with E-state index in [1.807, 2.05) is 0 Å². The van der Waals surface area contributed by atoms with Crippen LogP contribution in [0, 0.1) is 23.0 Å². The summed E-state index contributed by atoms with van der Waals surface area (Å²) in [7, 11) is 0.920. The van der Waals surface area contributed by atoms with Crippen LogP contribution >= 0.6 is 0 Å². The molecule has 0 spiro atoms. The number of alkyl halides is 3. The maximum atomic E-state index is 13.5. The summed E-state index contributed by atoms with van der Waals surface area (Å²) in [5, 5.41) is 10.6. The van der Waals surface area contributed by atoms with Crippen molar-refractivity contribution < 1.29 is 26.7 Å². The van der Waals surface area contributed by atoms with E-state index >= 15 is 0 Å². The second-order valence-electron chi connectivity index (χ2n) is 4.15. The van der Waals surface area contributed by atoms with Gasteiger partial charge in [-0.2, -0.15) is 18.4 Å². The van der Waals surface area contributed by atoms with Crippen LogP contribution in [0.4, 0.5) is 27.6 Å². The Morgan fingerprint density at radius 2 is 1.86 bits per heavy atom. The molecule has 0 atom stereocenters. The number of carbonyl (C=O) groups excluding carboxylic acids is 1. The lowest BCUT2D eigenvalue weighted by Gasteiger charge is -2.19. The van der Waals surface area contributed by atoms with Gasteiger partial charge in [0.15, 0.2) is 11.6 Å². The van der Waals surface area contributed by atoms with Crippen LogP contribution in [0.5, 0.6) is 0 Å². The summed E-state index contributed by atoms with van der Waals surface area (Å²) in [5.41, 5.74) is -0.932. The van der Waals surface area contributed by atoms with Crippen LogP contribution in [0.3, 0.4) is 0 Å². The minimum Gasteiger partial charge on any atom is -0.371 e. The van der Waals surface area contributed by atoms with Crippen molar-refractivity contribution in [3.8, 4) is 6.07 Å². The molecule has 0 aliphatic carbocycles. The summed E-state index contributed by atoms with van der Waals surface area (Å²) < 4.78 is 63.2. The monoisotopic (exact) mass is 307 g/mol. The second kappa shape index (κ2) is 6.39. The van der Waals surface area contributed by atoms with E-state index in [4.69, 9.17) is 5.26 Å². The van der Waals surface area contributed by atoms with Gasteiger partial charge in [-0.15, -0.1) is 0 Å². The summed E-state index contributed by atoms with van der Waals surface area (Å²) in [5.74, 6) is -3.22. The zero-order valence-electron chi connectivity index (χ0n) is 10.8. The Labute approximate surface area is 116 Å². The van der Waals surface area contributed by atoms with Crippen molar-refractivity contribution in [1.29, 1.82) is 5.26 Å². The third kappa shape index (κ3) is 4.91. The highest BCUT2D eigenvalue weighted by Gasteiger charge is 2.31. The van der Waals surface area contributed by atoms with Crippen LogP contribution in [0.1, 0.15) is 5.56 Å². The van der Waals surface area contributed by atoms with Gasteiger partial charge in [-0.25, -0.2) is 8.78 Å². The van der Waals surface area contributed by atoms with Gasteiger partial charge >= 0.3 is 6.18 Å². The van der Waals surface area contributed by atoms with E-state index in [1.165, 1.54) is 6.07 Å². The first kappa shape index (κ1) is 16.7. The Kier molecular flexibility index (Phi) is 5.07. The van der Waals surface area contributed by atoms with Gasteiger partial charge in [0.05, 0.1) is 18.2 Å². The summed E-state index contributed by atoms with van der Waals surface area (Å²) in [6.45, 7) is -2.18. The molecule has 9 heteroatoms. The fourth-order valence-electron chi connectivity index (χ4n) is 1.46. The fourth-order valence-corrected chi connectivity index (χ4v) is 1.46. The van der Waals surface area contributed by atoms with E-state index in [1.54, 1.807) is 0 Å². The van der Waals surface area contributed by atoms with Crippen molar-refractivity contribution in [1.82, 2.24) is 4.90 Å². The molecule has 4 nitrogen and oxygen atoms in total. The number of anilines is 1. The van der Waals surface area contributed by atoms with Crippen LogP contribution in [0.15, 0.2) is 12.1 Å². The van der Waals surface area contributed by atoms with Gasteiger partial charge in [-0.1, -0.05) is 0 Å². The Morgan fingerprint density at radius 3 is 2.29 bits per heavy atom. The van der Waals surface area contributed by atoms with Gasteiger partial charge in [-0.05, 0) is 12.1 Å². The predicted octanol–water partition coefficient (Wildman–Crippen LogP) is 2.27. The molecule has 1 aromatic rings. The fraction of sp³-hybridized carbons (Fsp3) is 0.333. The molecule has 1 aromatic carbocycles. The largest absolute Gasteiger partial charge is 0.406 e. The van der Waals surface area contributed by atoms with Crippen LogP contribution in [-0.2, 0) is 4.79 Å². The van der Waals surface area contributed by atoms with Crippen LogP contribution in [0.2, 0.25) is 0 Å². The van der Waals surface area contributed by atoms with E-state index in [0.717, 1.165) is 19.2 Å². The minimum atomic E-state index is -4.56. The molecule has 0 bridgehead atoms. The predicted molar refractivity (Wildman–Crippen MR) is 63.3 cm³/mol. The zero-order valence-corrected chi connectivity index (χ0v) is 10.8. The van der Waals surface area contributed by atoms with Crippen molar-refractivity contribution in [3.05, 3.63) is 29.3 Å². The first-order chi connectivity index (χ1) is 9.64. The molecule has 0 saturated carbocycles. The molecule has 0 heterocycles. The maximum absolute atomic E-state index is 13.5. The number of benzene rings is 1. The number of carbonyl (C=O) groups is 1. The van der Waals surface area contributed by atoms with Gasteiger partial charge in [0, 0.05) is 7.05 Å². The van der Waals surface area contributed by atoms with Crippen molar-refractivity contribution in [2.45, 2.75) is 6.18 Å². The summed E-state index contributed by atoms with van der Waals surface area (Å²) in [4.78, 5) is 11.8. The lowest BCUT2D eigenvalue weighted by atomic mass is 10.2. The van der Waals surface area contributed by atoms with Gasteiger partial charge in [-0.3, -0.25) is 4.79 Å². The highest BCUT2D eigenvalue weighted by Crippen LogP contribution is 2.20. The molecule has 1 amide bonds. The third-order valence-corrected chi connectivity index (χ3v) is 2.43. The molecule has 114 valence electrons. The number of likely N-dealkylation sites (N-methyl/N-ethyl adjacent to an activating group) is 1. The SMILES string of the molecule is CN(CC(F)(F)F)C(=O)CNc1c(F)cc(C#N)cc1F. The Bertz CT molecular complexity index is 556. The molecule has 0 radical (unpaired) electrons. The second-order valence-corrected chi connectivity index (χ2v) is 4.15. The molecular weight excluding hydrogens is 297 g/mol. The van der Waals surface area contributed by atoms with E-state index in [2.05, 4.69) is 5.32 Å². The Balaban J connectivity index is 2.72. The summed E-state index contributed by atoms with van der Waals surface area (Å²) in [6, 6.07) is 3.03. The van der Waals surface area contributed by atoms with E-state index in [9.17, 15) is 26.7 Å². The molecule has 0 aliphatic rings. The number of amides is 1. The number of hydrogen-bond donors (Lipinski definition) is 1. The van der Waals surface area contributed by atoms with Gasteiger partial charge < -0.3 is 10.2 Å². The number of nitrogens with one attached hydrogen (secondary N) is 1. The number of hydrogen-bond acceptors (Lipinski definition) is 3.